The van der Waals surface area contributed by atoms with E-state index in [0.717, 1.165) is 18.4 Å². The fourth-order valence-electron chi connectivity index (χ4n) is 2.50. The second kappa shape index (κ2) is 4.47. The van der Waals surface area contributed by atoms with E-state index in [1.165, 1.54) is 0 Å². The summed E-state index contributed by atoms with van der Waals surface area (Å²) >= 11 is 0. The Balaban J connectivity index is 1.88. The van der Waals surface area contributed by atoms with Crippen molar-refractivity contribution in [3.05, 3.63) is 35.2 Å². The molecule has 1 fully saturated rings. The second-order valence-corrected chi connectivity index (χ2v) is 5.62. The van der Waals surface area contributed by atoms with Crippen molar-refractivity contribution in [2.24, 2.45) is 5.92 Å². The third-order valence-corrected chi connectivity index (χ3v) is 3.96. The lowest BCUT2D eigenvalue weighted by molar-refractivity contribution is 0.0885. The molecule has 2 heterocycles. The minimum atomic E-state index is -0.571. The number of hydrogen-bond acceptors (Lipinski definition) is 4. The van der Waals surface area contributed by atoms with E-state index >= 15 is 0 Å². The van der Waals surface area contributed by atoms with Crippen LogP contribution in [0, 0.1) is 19.8 Å². The summed E-state index contributed by atoms with van der Waals surface area (Å²) in [5, 5.41) is 7.08. The first-order valence-corrected chi connectivity index (χ1v) is 6.77. The maximum atomic E-state index is 12.4. The van der Waals surface area contributed by atoms with E-state index in [-0.39, 0.29) is 5.91 Å². The lowest BCUT2D eigenvalue weighted by Gasteiger charge is -2.27. The number of nitrogens with zero attached hydrogens (tertiary/aromatic N) is 2. The van der Waals surface area contributed by atoms with Crippen LogP contribution >= 0.6 is 0 Å². The molecule has 20 heavy (non-hydrogen) atoms. The van der Waals surface area contributed by atoms with Gasteiger partial charge in [-0.2, -0.15) is 4.98 Å². The Morgan fingerprint density at radius 2 is 2.20 bits per heavy atom. The molecule has 0 aromatic carbocycles. The third kappa shape index (κ3) is 2.11. The van der Waals surface area contributed by atoms with E-state index in [9.17, 15) is 4.79 Å². The summed E-state index contributed by atoms with van der Waals surface area (Å²) in [7, 11) is 0. The van der Waals surface area contributed by atoms with E-state index in [4.69, 9.17) is 4.52 Å². The molecule has 0 unspecified atom stereocenters. The van der Waals surface area contributed by atoms with Gasteiger partial charge in [0.05, 0.1) is 5.56 Å². The van der Waals surface area contributed by atoms with Crippen LogP contribution in [0.25, 0.3) is 0 Å². The van der Waals surface area contributed by atoms with E-state index < -0.39 is 5.54 Å². The van der Waals surface area contributed by atoms with Crippen LogP contribution in [0.5, 0.6) is 0 Å². The number of aromatic amines is 1. The first kappa shape index (κ1) is 12.9. The number of aryl methyl sites for hydroxylation is 2. The SMILES string of the molecule is Cc1nc([C@@](C)(NC(=O)c2c[nH]cc2C)C2CC2)no1. The number of carbonyl (C=O) groups excluding carboxylic acids is 1. The van der Waals surface area contributed by atoms with Gasteiger partial charge in [0.25, 0.3) is 5.91 Å². The zero-order chi connectivity index (χ0) is 14.3. The van der Waals surface area contributed by atoms with Crippen molar-refractivity contribution in [2.75, 3.05) is 0 Å². The highest BCUT2D eigenvalue weighted by molar-refractivity contribution is 5.96. The molecule has 0 radical (unpaired) electrons. The van der Waals surface area contributed by atoms with Gasteiger partial charge in [-0.15, -0.1) is 0 Å². The van der Waals surface area contributed by atoms with Crippen LogP contribution in [-0.4, -0.2) is 21.0 Å². The minimum absolute atomic E-state index is 0.111. The highest BCUT2D eigenvalue weighted by Crippen LogP contribution is 2.44. The molecular weight excluding hydrogens is 256 g/mol. The molecule has 0 spiro atoms. The molecule has 0 bridgehead atoms. The van der Waals surface area contributed by atoms with Gasteiger partial charge in [0.2, 0.25) is 5.89 Å². The van der Waals surface area contributed by atoms with Crippen LogP contribution < -0.4 is 5.32 Å². The average molecular weight is 274 g/mol. The molecule has 2 aromatic rings. The normalized spacial score (nSPS) is 17.8. The smallest absolute Gasteiger partial charge is 0.253 e. The Bertz CT molecular complexity index is 641. The first-order valence-electron chi connectivity index (χ1n) is 6.77. The number of carbonyl (C=O) groups is 1. The summed E-state index contributed by atoms with van der Waals surface area (Å²) in [5.41, 5.74) is 1.00. The summed E-state index contributed by atoms with van der Waals surface area (Å²) in [4.78, 5) is 19.7. The van der Waals surface area contributed by atoms with Crippen molar-refractivity contribution in [1.29, 1.82) is 0 Å². The Morgan fingerprint density at radius 3 is 2.70 bits per heavy atom. The largest absolute Gasteiger partial charge is 0.367 e. The molecule has 0 saturated heterocycles. The van der Waals surface area contributed by atoms with Crippen molar-refractivity contribution < 1.29 is 9.32 Å². The lowest BCUT2D eigenvalue weighted by Crippen LogP contribution is -2.46. The van der Waals surface area contributed by atoms with Crippen molar-refractivity contribution >= 4 is 5.91 Å². The molecule has 3 rings (SSSR count). The Labute approximate surface area is 117 Å². The van der Waals surface area contributed by atoms with Gasteiger partial charge in [0, 0.05) is 19.3 Å². The number of H-pyrrole nitrogens is 1. The molecule has 1 amide bonds. The lowest BCUT2D eigenvalue weighted by atomic mass is 9.94. The zero-order valence-corrected chi connectivity index (χ0v) is 11.9. The number of amides is 1. The monoisotopic (exact) mass is 274 g/mol. The molecule has 1 atom stereocenters. The van der Waals surface area contributed by atoms with E-state index in [1.807, 2.05) is 20.0 Å². The Morgan fingerprint density at radius 1 is 1.45 bits per heavy atom. The van der Waals surface area contributed by atoms with Crippen molar-refractivity contribution in [2.45, 2.75) is 39.2 Å². The summed E-state index contributed by atoms with van der Waals surface area (Å²) in [6.45, 7) is 5.62. The number of nitrogens with one attached hydrogen (secondary N) is 2. The number of rotatable bonds is 4. The van der Waals surface area contributed by atoms with Crippen LogP contribution in [-0.2, 0) is 5.54 Å². The summed E-state index contributed by atoms with van der Waals surface area (Å²) < 4.78 is 5.07. The van der Waals surface area contributed by atoms with Gasteiger partial charge in [0.15, 0.2) is 5.82 Å². The molecule has 2 aromatic heterocycles. The van der Waals surface area contributed by atoms with E-state index in [1.54, 1.807) is 13.1 Å². The predicted molar refractivity (Wildman–Crippen MR) is 72.1 cm³/mol. The van der Waals surface area contributed by atoms with Crippen LogP contribution in [0.1, 0.15) is 47.4 Å². The molecule has 0 aliphatic heterocycles. The van der Waals surface area contributed by atoms with Crippen LogP contribution in [0.2, 0.25) is 0 Å². The van der Waals surface area contributed by atoms with Gasteiger partial charge in [-0.1, -0.05) is 5.16 Å². The molecule has 106 valence electrons. The average Bonchev–Trinajstić information content (AvgIpc) is 3.04. The Hall–Kier alpha value is -2.11. The van der Waals surface area contributed by atoms with E-state index in [2.05, 4.69) is 20.4 Å². The predicted octanol–water partition coefficient (Wildman–Crippen LogP) is 2.07. The minimum Gasteiger partial charge on any atom is -0.367 e. The van der Waals surface area contributed by atoms with Crippen LogP contribution in [0.15, 0.2) is 16.9 Å². The summed E-state index contributed by atoms with van der Waals surface area (Å²) in [5.74, 6) is 1.32. The van der Waals surface area contributed by atoms with Gasteiger partial charge >= 0.3 is 0 Å². The fourth-order valence-corrected chi connectivity index (χ4v) is 2.50. The summed E-state index contributed by atoms with van der Waals surface area (Å²) in [6.07, 6.45) is 5.65. The van der Waals surface area contributed by atoms with Crippen LogP contribution in [0.3, 0.4) is 0 Å². The maximum Gasteiger partial charge on any atom is 0.253 e. The number of aromatic nitrogens is 3. The van der Waals surface area contributed by atoms with Gasteiger partial charge < -0.3 is 14.8 Å². The fraction of sp³-hybridized carbons (Fsp3) is 0.500. The molecule has 1 saturated carbocycles. The van der Waals surface area contributed by atoms with E-state index in [0.29, 0.717) is 23.2 Å². The van der Waals surface area contributed by atoms with Gasteiger partial charge in [0.1, 0.15) is 5.54 Å². The van der Waals surface area contributed by atoms with Crippen molar-refractivity contribution in [3.63, 3.8) is 0 Å². The maximum absolute atomic E-state index is 12.4. The topological polar surface area (TPSA) is 83.8 Å². The zero-order valence-electron chi connectivity index (χ0n) is 11.9. The molecule has 6 heteroatoms. The Kier molecular flexibility index (Phi) is 2.88. The number of hydrogen-bond donors (Lipinski definition) is 2. The standard InChI is InChI=1S/C14H18N4O2/c1-8-6-15-7-11(8)12(19)17-14(3,10-4-5-10)13-16-9(2)20-18-13/h6-7,10,15H,4-5H2,1-3H3,(H,17,19)/t14-/m0/s1. The highest BCUT2D eigenvalue weighted by atomic mass is 16.5. The van der Waals surface area contributed by atoms with Gasteiger partial charge in [-0.25, -0.2) is 0 Å². The second-order valence-electron chi connectivity index (χ2n) is 5.62. The first-order chi connectivity index (χ1) is 9.50. The quantitative estimate of drug-likeness (QED) is 0.894. The molecule has 6 nitrogen and oxygen atoms in total. The summed E-state index contributed by atoms with van der Waals surface area (Å²) in [6, 6.07) is 0. The van der Waals surface area contributed by atoms with Gasteiger partial charge in [-0.3, -0.25) is 4.79 Å². The van der Waals surface area contributed by atoms with Crippen molar-refractivity contribution in [1.82, 2.24) is 20.4 Å². The molecular formula is C14H18N4O2. The molecule has 1 aliphatic rings. The highest BCUT2D eigenvalue weighted by Gasteiger charge is 2.47. The van der Waals surface area contributed by atoms with Gasteiger partial charge in [-0.05, 0) is 38.2 Å². The molecule has 1 aliphatic carbocycles. The third-order valence-electron chi connectivity index (χ3n) is 3.96. The van der Waals surface area contributed by atoms with Crippen LogP contribution in [0.4, 0.5) is 0 Å². The van der Waals surface area contributed by atoms with Crippen molar-refractivity contribution in [3.8, 4) is 0 Å². The molecule has 2 N–H and O–H groups in total.